The first kappa shape index (κ1) is 13.8. The van der Waals surface area contributed by atoms with Crippen molar-refractivity contribution >= 4 is 21.6 Å². The molecular weight excluding hydrogens is 292 g/mol. The fraction of sp³-hybridized carbons (Fsp3) is 0.571. The highest BCUT2D eigenvalue weighted by Gasteiger charge is 2.28. The maximum absolute atomic E-state index is 9.69. The number of likely N-dealkylation sites (N-methyl/N-ethyl adjacent to an activating group) is 1. The number of aliphatic hydroxyl groups excluding tert-OH is 1. The van der Waals surface area contributed by atoms with E-state index in [0.29, 0.717) is 6.04 Å². The van der Waals surface area contributed by atoms with Gasteiger partial charge in [0.2, 0.25) is 0 Å². The zero-order chi connectivity index (χ0) is 13.1. The minimum Gasteiger partial charge on any atom is -0.394 e. The van der Waals surface area contributed by atoms with Gasteiger partial charge in [-0.1, -0.05) is 12.1 Å². The third-order valence-corrected chi connectivity index (χ3v) is 4.33. The van der Waals surface area contributed by atoms with Gasteiger partial charge in [-0.2, -0.15) is 0 Å². The van der Waals surface area contributed by atoms with Crippen LogP contribution in [0.3, 0.4) is 0 Å². The number of para-hydroxylation sites is 1. The first-order valence-electron chi connectivity index (χ1n) is 6.45. The Labute approximate surface area is 118 Å². The third-order valence-electron chi connectivity index (χ3n) is 3.66. The van der Waals surface area contributed by atoms with E-state index in [-0.39, 0.29) is 12.6 Å². The molecule has 100 valence electrons. The Kier molecular flexibility index (Phi) is 4.65. The summed E-state index contributed by atoms with van der Waals surface area (Å²) in [4.78, 5) is 4.65. The van der Waals surface area contributed by atoms with Crippen molar-refractivity contribution in [3.05, 3.63) is 28.7 Å². The van der Waals surface area contributed by atoms with Crippen LogP contribution in [0.2, 0.25) is 0 Å². The Balaban J connectivity index is 2.34. The lowest BCUT2D eigenvalue weighted by Crippen LogP contribution is -2.46. The van der Waals surface area contributed by atoms with E-state index < -0.39 is 0 Å². The summed E-state index contributed by atoms with van der Waals surface area (Å²) in [6, 6.07) is 8.85. The number of benzene rings is 1. The van der Waals surface area contributed by atoms with Gasteiger partial charge in [0.15, 0.2) is 0 Å². The summed E-state index contributed by atoms with van der Waals surface area (Å²) >= 11 is 3.62. The molecule has 0 aliphatic carbocycles. The summed E-state index contributed by atoms with van der Waals surface area (Å²) in [6.07, 6.45) is 1.12. The highest BCUT2D eigenvalue weighted by molar-refractivity contribution is 9.10. The molecule has 1 saturated heterocycles. The SMILES string of the molecule is CC1CCN(C)CC(CO)N1c1ccccc1Br. The first-order valence-corrected chi connectivity index (χ1v) is 7.25. The van der Waals surface area contributed by atoms with Crippen LogP contribution in [-0.4, -0.2) is 48.8 Å². The van der Waals surface area contributed by atoms with E-state index in [9.17, 15) is 5.11 Å². The van der Waals surface area contributed by atoms with E-state index in [1.165, 1.54) is 5.69 Å². The van der Waals surface area contributed by atoms with Crippen molar-refractivity contribution in [1.29, 1.82) is 0 Å². The minimum atomic E-state index is 0.159. The normalized spacial score (nSPS) is 26.1. The number of rotatable bonds is 2. The van der Waals surface area contributed by atoms with Gasteiger partial charge < -0.3 is 14.9 Å². The maximum atomic E-state index is 9.69. The van der Waals surface area contributed by atoms with E-state index in [1.807, 2.05) is 6.07 Å². The molecule has 1 heterocycles. The highest BCUT2D eigenvalue weighted by atomic mass is 79.9. The molecule has 0 aromatic heterocycles. The van der Waals surface area contributed by atoms with Crippen molar-refractivity contribution in [2.45, 2.75) is 25.4 Å². The molecule has 2 atom stereocenters. The molecule has 2 rings (SSSR count). The predicted molar refractivity (Wildman–Crippen MR) is 79.1 cm³/mol. The molecule has 2 unspecified atom stereocenters. The highest BCUT2D eigenvalue weighted by Crippen LogP contribution is 2.31. The Morgan fingerprint density at radius 2 is 2.11 bits per heavy atom. The molecule has 1 N–H and O–H groups in total. The monoisotopic (exact) mass is 312 g/mol. The molecule has 0 radical (unpaired) electrons. The van der Waals surface area contributed by atoms with Crippen LogP contribution in [0.4, 0.5) is 5.69 Å². The van der Waals surface area contributed by atoms with Gasteiger partial charge in [0, 0.05) is 17.1 Å². The fourth-order valence-electron chi connectivity index (χ4n) is 2.69. The largest absolute Gasteiger partial charge is 0.394 e. The number of hydrogen-bond donors (Lipinski definition) is 1. The average Bonchev–Trinajstić information content (AvgIpc) is 2.50. The molecule has 1 aromatic rings. The van der Waals surface area contributed by atoms with Crippen molar-refractivity contribution in [3.8, 4) is 0 Å². The van der Waals surface area contributed by atoms with Crippen LogP contribution in [0.5, 0.6) is 0 Å². The van der Waals surface area contributed by atoms with Gasteiger partial charge >= 0.3 is 0 Å². The van der Waals surface area contributed by atoms with E-state index >= 15 is 0 Å². The zero-order valence-corrected chi connectivity index (χ0v) is 12.6. The van der Waals surface area contributed by atoms with Gasteiger partial charge in [-0.3, -0.25) is 0 Å². The van der Waals surface area contributed by atoms with Crippen molar-refractivity contribution in [1.82, 2.24) is 4.90 Å². The topological polar surface area (TPSA) is 26.7 Å². The maximum Gasteiger partial charge on any atom is 0.0651 e. The Morgan fingerprint density at radius 1 is 1.39 bits per heavy atom. The van der Waals surface area contributed by atoms with Crippen molar-refractivity contribution in [2.24, 2.45) is 0 Å². The first-order chi connectivity index (χ1) is 8.63. The third kappa shape index (κ3) is 2.87. The van der Waals surface area contributed by atoms with Crippen LogP contribution in [0.25, 0.3) is 0 Å². The average molecular weight is 313 g/mol. The molecule has 1 aromatic carbocycles. The summed E-state index contributed by atoms with van der Waals surface area (Å²) in [5.74, 6) is 0. The van der Waals surface area contributed by atoms with Crippen LogP contribution in [0, 0.1) is 0 Å². The van der Waals surface area contributed by atoms with E-state index in [4.69, 9.17) is 0 Å². The summed E-state index contributed by atoms with van der Waals surface area (Å²) < 4.78 is 1.10. The van der Waals surface area contributed by atoms with Gasteiger partial charge in [0.05, 0.1) is 18.3 Å². The lowest BCUT2D eigenvalue weighted by atomic mass is 10.1. The molecule has 0 amide bonds. The molecule has 1 aliphatic heterocycles. The van der Waals surface area contributed by atoms with Crippen LogP contribution < -0.4 is 4.90 Å². The fourth-order valence-corrected chi connectivity index (χ4v) is 3.18. The van der Waals surface area contributed by atoms with Gasteiger partial charge in [0.25, 0.3) is 0 Å². The molecule has 4 heteroatoms. The van der Waals surface area contributed by atoms with Crippen molar-refractivity contribution < 1.29 is 5.11 Å². The molecule has 0 bridgehead atoms. The number of nitrogens with zero attached hydrogens (tertiary/aromatic N) is 2. The Morgan fingerprint density at radius 3 is 2.78 bits per heavy atom. The number of hydrogen-bond acceptors (Lipinski definition) is 3. The zero-order valence-electron chi connectivity index (χ0n) is 11.0. The predicted octanol–water partition coefficient (Wildman–Crippen LogP) is 2.34. The van der Waals surface area contributed by atoms with Crippen molar-refractivity contribution in [2.75, 3.05) is 31.6 Å². The van der Waals surface area contributed by atoms with Gasteiger partial charge in [-0.15, -0.1) is 0 Å². The minimum absolute atomic E-state index is 0.159. The summed E-state index contributed by atoms with van der Waals surface area (Å²) in [6.45, 7) is 4.41. The second kappa shape index (κ2) is 6.04. The molecule has 1 aliphatic rings. The van der Waals surface area contributed by atoms with E-state index in [2.05, 4.69) is 57.9 Å². The lowest BCUT2D eigenvalue weighted by Gasteiger charge is -2.36. The molecule has 1 fully saturated rings. The van der Waals surface area contributed by atoms with Gasteiger partial charge in [0.1, 0.15) is 0 Å². The molecule has 0 saturated carbocycles. The van der Waals surface area contributed by atoms with Crippen LogP contribution in [-0.2, 0) is 0 Å². The summed E-state index contributed by atoms with van der Waals surface area (Å²) in [5, 5.41) is 9.69. The van der Waals surface area contributed by atoms with Crippen LogP contribution in [0.1, 0.15) is 13.3 Å². The van der Waals surface area contributed by atoms with Gasteiger partial charge in [-0.05, 0) is 55.0 Å². The van der Waals surface area contributed by atoms with E-state index in [0.717, 1.165) is 24.0 Å². The Hall–Kier alpha value is -0.580. The van der Waals surface area contributed by atoms with Crippen LogP contribution in [0.15, 0.2) is 28.7 Å². The van der Waals surface area contributed by atoms with E-state index in [1.54, 1.807) is 0 Å². The molecule has 3 nitrogen and oxygen atoms in total. The smallest absolute Gasteiger partial charge is 0.0651 e. The second-order valence-corrected chi connectivity index (χ2v) is 5.95. The second-order valence-electron chi connectivity index (χ2n) is 5.10. The van der Waals surface area contributed by atoms with Crippen LogP contribution >= 0.6 is 15.9 Å². The molecule has 18 heavy (non-hydrogen) atoms. The quantitative estimate of drug-likeness (QED) is 0.908. The number of anilines is 1. The molecule has 0 spiro atoms. The number of halogens is 1. The molecular formula is C14H21BrN2O. The number of aliphatic hydroxyl groups is 1. The lowest BCUT2D eigenvalue weighted by molar-refractivity contribution is 0.228. The van der Waals surface area contributed by atoms with Gasteiger partial charge in [-0.25, -0.2) is 0 Å². The summed E-state index contributed by atoms with van der Waals surface area (Å²) in [7, 11) is 2.12. The standard InChI is InChI=1S/C14H21BrN2O/c1-11-7-8-16(2)9-12(10-18)17(11)14-6-4-3-5-13(14)15/h3-6,11-12,18H,7-10H2,1-2H3. The Bertz CT molecular complexity index is 399. The summed E-state index contributed by atoms with van der Waals surface area (Å²) in [5.41, 5.74) is 1.18. The van der Waals surface area contributed by atoms with Crippen molar-refractivity contribution in [3.63, 3.8) is 0 Å².